The number of nitrogens with zero attached hydrogens (tertiary/aromatic N) is 1. The van der Waals surface area contributed by atoms with E-state index in [2.05, 4.69) is 5.18 Å². The highest BCUT2D eigenvalue weighted by molar-refractivity contribution is 6.23. The first-order chi connectivity index (χ1) is 8.07. The van der Waals surface area contributed by atoms with Crippen LogP contribution in [0.1, 0.15) is 19.4 Å². The van der Waals surface area contributed by atoms with Crippen LogP contribution < -0.4 is 0 Å². The van der Waals surface area contributed by atoms with Gasteiger partial charge in [-0.15, -0.1) is 0 Å². The molecule has 0 aliphatic carbocycles. The molecule has 0 N–H and O–H groups in total. The van der Waals surface area contributed by atoms with Crippen LogP contribution in [-0.4, -0.2) is 18.1 Å². The lowest BCUT2D eigenvalue weighted by Gasteiger charge is -2.08. The number of benzene rings is 1. The minimum atomic E-state index is -0.347. The van der Waals surface area contributed by atoms with Crippen molar-refractivity contribution in [3.63, 3.8) is 0 Å². The first-order valence-electron chi connectivity index (χ1n) is 5.17. The van der Waals surface area contributed by atoms with Crippen molar-refractivity contribution >= 4 is 17.1 Å². The lowest BCUT2D eigenvalue weighted by atomic mass is 9.95. The van der Waals surface area contributed by atoms with Gasteiger partial charge in [0.15, 0.2) is 11.6 Å². The summed E-state index contributed by atoms with van der Waals surface area (Å²) in [6.45, 7) is 2.44. The van der Waals surface area contributed by atoms with Crippen molar-refractivity contribution in [2.24, 2.45) is 5.18 Å². The van der Waals surface area contributed by atoms with E-state index in [1.54, 1.807) is 24.3 Å². The summed E-state index contributed by atoms with van der Waals surface area (Å²) >= 11 is 0. The third-order valence-corrected chi connectivity index (χ3v) is 2.35. The predicted octanol–water partition coefficient (Wildman–Crippen LogP) is 2.38. The number of rotatable bonds is 5. The molecule has 0 saturated heterocycles. The van der Waals surface area contributed by atoms with Gasteiger partial charge in [0.05, 0.1) is 5.57 Å². The van der Waals surface area contributed by atoms with Gasteiger partial charge in [-0.2, -0.15) is 4.91 Å². The van der Waals surface area contributed by atoms with Gasteiger partial charge in [0.25, 0.3) is 0 Å². The van der Waals surface area contributed by atoms with Crippen LogP contribution in [0, 0.1) is 4.91 Å². The molecule has 0 aliphatic heterocycles. The van der Waals surface area contributed by atoms with Crippen LogP contribution in [0.25, 0.3) is 5.57 Å². The summed E-state index contributed by atoms with van der Waals surface area (Å²) in [5.41, 5.74) is 1.11. The molecule has 0 spiro atoms. The largest absolute Gasteiger partial charge is 0.294 e. The minimum absolute atomic E-state index is 0.0517. The first kappa shape index (κ1) is 13.0. The molecule has 0 atom stereocenters. The molecule has 0 saturated carbocycles. The molecule has 0 fully saturated rings. The molecule has 0 aliphatic rings. The van der Waals surface area contributed by atoms with Crippen LogP contribution in [0.15, 0.2) is 41.1 Å². The highest BCUT2D eigenvalue weighted by Gasteiger charge is 2.17. The Labute approximate surface area is 99.3 Å². The maximum absolute atomic E-state index is 11.5. The fourth-order valence-electron chi connectivity index (χ4n) is 1.69. The number of ketones is 2. The summed E-state index contributed by atoms with van der Waals surface area (Å²) in [6, 6.07) is 8.85. The Morgan fingerprint density at radius 1 is 1.06 bits per heavy atom. The Morgan fingerprint density at radius 2 is 1.59 bits per heavy atom. The van der Waals surface area contributed by atoms with Crippen LogP contribution in [0.3, 0.4) is 0 Å². The van der Waals surface area contributed by atoms with Gasteiger partial charge in [0, 0.05) is 0 Å². The average Bonchev–Trinajstić information content (AvgIpc) is 2.28. The normalized spacial score (nSPS) is 9.53. The second-order valence-corrected chi connectivity index (χ2v) is 3.62. The minimum Gasteiger partial charge on any atom is -0.294 e. The van der Waals surface area contributed by atoms with Crippen molar-refractivity contribution in [3.05, 3.63) is 46.4 Å². The highest BCUT2D eigenvalue weighted by Crippen LogP contribution is 2.20. The topological polar surface area (TPSA) is 63.6 Å². The van der Waals surface area contributed by atoms with E-state index in [-0.39, 0.29) is 23.7 Å². The second-order valence-electron chi connectivity index (χ2n) is 3.62. The van der Waals surface area contributed by atoms with E-state index in [1.807, 2.05) is 6.07 Å². The SMILES string of the molecule is CC(=O)C(C(C)=O)=C(CN=O)c1ccccc1. The van der Waals surface area contributed by atoms with Crippen LogP contribution in [0.5, 0.6) is 0 Å². The van der Waals surface area contributed by atoms with Crippen molar-refractivity contribution < 1.29 is 9.59 Å². The van der Waals surface area contributed by atoms with E-state index in [0.717, 1.165) is 0 Å². The number of hydrogen-bond donors (Lipinski definition) is 0. The van der Waals surface area contributed by atoms with E-state index in [9.17, 15) is 14.5 Å². The fraction of sp³-hybridized carbons (Fsp3) is 0.231. The van der Waals surface area contributed by atoms with Gasteiger partial charge >= 0.3 is 0 Å². The smallest absolute Gasteiger partial charge is 0.163 e. The second kappa shape index (κ2) is 5.84. The Kier molecular flexibility index (Phi) is 4.46. The quantitative estimate of drug-likeness (QED) is 0.338. The molecule has 1 aromatic carbocycles. The fourth-order valence-corrected chi connectivity index (χ4v) is 1.69. The molecule has 17 heavy (non-hydrogen) atoms. The van der Waals surface area contributed by atoms with E-state index in [4.69, 9.17) is 0 Å². The molecule has 88 valence electrons. The van der Waals surface area contributed by atoms with Crippen molar-refractivity contribution in [1.82, 2.24) is 0 Å². The predicted molar refractivity (Wildman–Crippen MR) is 65.4 cm³/mol. The molecule has 0 radical (unpaired) electrons. The van der Waals surface area contributed by atoms with Gasteiger partial charge in [0.1, 0.15) is 6.54 Å². The third kappa shape index (κ3) is 3.17. The van der Waals surface area contributed by atoms with E-state index >= 15 is 0 Å². The monoisotopic (exact) mass is 231 g/mol. The zero-order valence-electron chi connectivity index (χ0n) is 9.77. The average molecular weight is 231 g/mol. The van der Waals surface area contributed by atoms with Gasteiger partial charge < -0.3 is 0 Å². The maximum atomic E-state index is 11.5. The standard InChI is InChI=1S/C13H13NO3/c1-9(15)13(10(2)16)12(8-14-17)11-6-4-3-5-7-11/h3-7H,8H2,1-2H3. The van der Waals surface area contributed by atoms with Crippen LogP contribution in [0.2, 0.25) is 0 Å². The van der Waals surface area contributed by atoms with E-state index in [0.29, 0.717) is 11.1 Å². The molecular weight excluding hydrogens is 218 g/mol. The van der Waals surface area contributed by atoms with E-state index in [1.165, 1.54) is 13.8 Å². The molecule has 1 aromatic rings. The number of carbonyl (C=O) groups is 2. The summed E-state index contributed by atoms with van der Waals surface area (Å²) in [6.07, 6.45) is 0. The Bertz CT molecular complexity index is 459. The molecule has 4 heteroatoms. The lowest BCUT2D eigenvalue weighted by molar-refractivity contribution is -0.119. The van der Waals surface area contributed by atoms with Crippen molar-refractivity contribution in [1.29, 1.82) is 0 Å². The van der Waals surface area contributed by atoms with Gasteiger partial charge in [0.2, 0.25) is 0 Å². The molecule has 1 rings (SSSR count). The lowest BCUT2D eigenvalue weighted by Crippen LogP contribution is -2.11. The summed E-state index contributed by atoms with van der Waals surface area (Å²) in [4.78, 5) is 33.3. The molecular formula is C13H13NO3. The Hall–Kier alpha value is -2.10. The Morgan fingerprint density at radius 3 is 2.00 bits per heavy atom. The molecule has 0 unspecified atom stereocenters. The summed E-state index contributed by atoms with van der Waals surface area (Å²) in [5.74, 6) is -0.694. The number of Topliss-reactive ketones (excluding diaryl/α,β-unsaturated/α-hetero) is 2. The van der Waals surface area contributed by atoms with Gasteiger partial charge in [-0.1, -0.05) is 35.5 Å². The number of carbonyl (C=O) groups excluding carboxylic acids is 2. The number of nitroso groups, excluding NO2 is 1. The molecule has 0 bridgehead atoms. The van der Waals surface area contributed by atoms with Crippen molar-refractivity contribution in [3.8, 4) is 0 Å². The molecule has 4 nitrogen and oxygen atoms in total. The van der Waals surface area contributed by atoms with Crippen LogP contribution >= 0.6 is 0 Å². The third-order valence-electron chi connectivity index (χ3n) is 2.35. The summed E-state index contributed by atoms with van der Waals surface area (Å²) in [7, 11) is 0. The van der Waals surface area contributed by atoms with E-state index < -0.39 is 0 Å². The summed E-state index contributed by atoms with van der Waals surface area (Å²) < 4.78 is 0. The Balaban J connectivity index is 3.42. The zero-order valence-corrected chi connectivity index (χ0v) is 9.77. The first-order valence-corrected chi connectivity index (χ1v) is 5.17. The zero-order chi connectivity index (χ0) is 12.8. The van der Waals surface area contributed by atoms with Crippen molar-refractivity contribution in [2.75, 3.05) is 6.54 Å². The van der Waals surface area contributed by atoms with Crippen LogP contribution in [-0.2, 0) is 9.59 Å². The van der Waals surface area contributed by atoms with Gasteiger partial charge in [-0.3, -0.25) is 9.59 Å². The number of allylic oxidation sites excluding steroid dienone is 1. The maximum Gasteiger partial charge on any atom is 0.163 e. The highest BCUT2D eigenvalue weighted by atomic mass is 16.3. The van der Waals surface area contributed by atoms with Crippen LogP contribution in [0.4, 0.5) is 0 Å². The number of hydrogen-bond acceptors (Lipinski definition) is 4. The molecule has 0 heterocycles. The molecule has 0 aromatic heterocycles. The van der Waals surface area contributed by atoms with Gasteiger partial charge in [-0.05, 0) is 25.0 Å². The molecule has 0 amide bonds. The summed E-state index contributed by atoms with van der Waals surface area (Å²) in [5, 5.41) is 2.79. The van der Waals surface area contributed by atoms with Crippen molar-refractivity contribution in [2.45, 2.75) is 13.8 Å². The van der Waals surface area contributed by atoms with Gasteiger partial charge in [-0.25, -0.2) is 0 Å².